The first-order valence-corrected chi connectivity index (χ1v) is 11.5. The van der Waals surface area contributed by atoms with E-state index < -0.39 is 0 Å². The Kier molecular flexibility index (Phi) is 6.43. The van der Waals surface area contributed by atoms with Crippen molar-refractivity contribution in [1.29, 1.82) is 0 Å². The van der Waals surface area contributed by atoms with Crippen LogP contribution in [0, 0.1) is 0 Å². The Balaban J connectivity index is 1.53. The molecular weight excluding hydrogens is 422 g/mol. The monoisotopic (exact) mass is 449 g/mol. The van der Waals surface area contributed by atoms with E-state index in [1.165, 1.54) is 17.3 Å². The lowest BCUT2D eigenvalue weighted by Gasteiger charge is -2.23. The van der Waals surface area contributed by atoms with Crippen LogP contribution in [-0.4, -0.2) is 52.0 Å². The third-order valence-corrected chi connectivity index (χ3v) is 6.75. The molecule has 3 heterocycles. The second-order valence-electron chi connectivity index (χ2n) is 8.17. The number of fused-ring (bicyclic) bond motifs is 1. The number of anilines is 1. The molecular formula is C24H27N5O2S. The molecule has 1 aromatic carbocycles. The van der Waals surface area contributed by atoms with Crippen molar-refractivity contribution >= 4 is 23.2 Å². The van der Waals surface area contributed by atoms with Crippen LogP contribution in [-0.2, 0) is 21.5 Å². The normalized spacial score (nSPS) is 15.9. The maximum Gasteiger partial charge on any atom is 0.192 e. The molecule has 32 heavy (non-hydrogen) atoms. The second kappa shape index (κ2) is 9.26. The fraction of sp³-hybridized carbons (Fsp3) is 0.333. The van der Waals surface area contributed by atoms with Crippen LogP contribution in [0.5, 0.6) is 0 Å². The van der Waals surface area contributed by atoms with E-state index >= 15 is 0 Å². The second-order valence-corrected chi connectivity index (χ2v) is 9.11. The van der Waals surface area contributed by atoms with Crippen LogP contribution < -0.4 is 4.90 Å². The van der Waals surface area contributed by atoms with Crippen LogP contribution in [0.15, 0.2) is 65.7 Å². The quantitative estimate of drug-likeness (QED) is 0.381. The predicted molar refractivity (Wildman–Crippen MR) is 127 cm³/mol. The fourth-order valence-electron chi connectivity index (χ4n) is 4.08. The largest absolute Gasteiger partial charge is 0.383 e. The number of hydrogen-bond donors (Lipinski definition) is 0. The van der Waals surface area contributed by atoms with Gasteiger partial charge in [-0.3, -0.25) is 14.3 Å². The van der Waals surface area contributed by atoms with Crippen LogP contribution in [0.4, 0.5) is 5.69 Å². The van der Waals surface area contributed by atoms with Gasteiger partial charge in [-0.1, -0.05) is 43.8 Å². The topological polar surface area (TPSA) is 73.1 Å². The molecule has 2 aromatic heterocycles. The van der Waals surface area contributed by atoms with E-state index in [-0.39, 0.29) is 17.0 Å². The Morgan fingerprint density at radius 1 is 1.16 bits per heavy atom. The first-order valence-electron chi connectivity index (χ1n) is 10.5. The van der Waals surface area contributed by atoms with Crippen molar-refractivity contribution in [2.75, 3.05) is 31.4 Å². The third-order valence-electron chi connectivity index (χ3n) is 5.76. The standard InChI is InChI=1S/C24H27N5O2S/c1-24(2)19-7-5-6-8-20(19)28(3)21(24)15-18(30)16-32-23-27-26-22(29(23)13-14-31-4)17-9-11-25-12-10-17/h5-12,15H,13-14,16H2,1-4H3. The Morgan fingerprint density at radius 2 is 1.91 bits per heavy atom. The van der Waals surface area contributed by atoms with Gasteiger partial charge < -0.3 is 9.64 Å². The van der Waals surface area contributed by atoms with Crippen LogP contribution in [0.25, 0.3) is 11.4 Å². The van der Waals surface area contributed by atoms with Crippen molar-refractivity contribution in [3.63, 3.8) is 0 Å². The van der Waals surface area contributed by atoms with Gasteiger partial charge in [0.25, 0.3) is 0 Å². The van der Waals surface area contributed by atoms with E-state index in [9.17, 15) is 4.79 Å². The minimum atomic E-state index is -0.224. The van der Waals surface area contributed by atoms with Crippen molar-refractivity contribution in [2.24, 2.45) is 0 Å². The number of ether oxygens (including phenoxy) is 1. The fourth-order valence-corrected chi connectivity index (χ4v) is 4.87. The summed E-state index contributed by atoms with van der Waals surface area (Å²) in [7, 11) is 3.68. The highest BCUT2D eigenvalue weighted by molar-refractivity contribution is 7.99. The van der Waals surface area contributed by atoms with Gasteiger partial charge in [-0.25, -0.2) is 0 Å². The summed E-state index contributed by atoms with van der Waals surface area (Å²) in [6.45, 7) is 5.44. The maximum atomic E-state index is 12.9. The zero-order valence-electron chi connectivity index (χ0n) is 18.8. The average molecular weight is 450 g/mol. The van der Waals surface area contributed by atoms with Crippen molar-refractivity contribution in [1.82, 2.24) is 19.7 Å². The molecule has 1 aliphatic rings. The number of methoxy groups -OCH3 is 1. The van der Waals surface area contributed by atoms with Crippen molar-refractivity contribution < 1.29 is 9.53 Å². The number of carbonyl (C=O) groups excluding carboxylic acids is 1. The number of benzene rings is 1. The van der Waals surface area contributed by atoms with E-state index in [0.29, 0.717) is 18.3 Å². The Bertz CT molecular complexity index is 1140. The molecule has 4 rings (SSSR count). The summed E-state index contributed by atoms with van der Waals surface area (Å²) >= 11 is 1.40. The summed E-state index contributed by atoms with van der Waals surface area (Å²) in [6.07, 6.45) is 5.22. The number of allylic oxidation sites excluding steroid dienone is 2. The predicted octanol–water partition coefficient (Wildman–Crippen LogP) is 3.96. The number of hydrogen-bond acceptors (Lipinski definition) is 7. The van der Waals surface area contributed by atoms with Gasteiger partial charge in [0.2, 0.25) is 0 Å². The van der Waals surface area contributed by atoms with E-state index in [1.807, 2.05) is 35.9 Å². The number of thioether (sulfide) groups is 1. The Labute approximate surface area is 192 Å². The van der Waals surface area contributed by atoms with Crippen LogP contribution in [0.1, 0.15) is 19.4 Å². The SMILES string of the molecule is COCCn1c(SCC(=O)C=C2N(C)c3ccccc3C2(C)C)nnc1-c1ccncc1. The highest BCUT2D eigenvalue weighted by Crippen LogP contribution is 2.46. The first kappa shape index (κ1) is 22.2. The molecule has 0 fully saturated rings. The zero-order valence-corrected chi connectivity index (χ0v) is 19.6. The summed E-state index contributed by atoms with van der Waals surface area (Å²) in [6, 6.07) is 12.1. The summed E-state index contributed by atoms with van der Waals surface area (Å²) in [5.74, 6) is 1.07. The molecule has 0 saturated heterocycles. The highest BCUT2D eigenvalue weighted by Gasteiger charge is 2.38. The van der Waals surface area contributed by atoms with Gasteiger partial charge in [0.05, 0.1) is 18.9 Å². The van der Waals surface area contributed by atoms with Gasteiger partial charge in [0, 0.05) is 55.0 Å². The molecule has 0 atom stereocenters. The number of likely N-dealkylation sites (N-methyl/N-ethyl adjacent to an activating group) is 1. The van der Waals surface area contributed by atoms with E-state index in [2.05, 4.69) is 46.1 Å². The number of nitrogens with zero attached hydrogens (tertiary/aromatic N) is 5. The van der Waals surface area contributed by atoms with Gasteiger partial charge in [-0.2, -0.15) is 0 Å². The molecule has 3 aromatic rings. The smallest absolute Gasteiger partial charge is 0.192 e. The lowest BCUT2D eigenvalue weighted by molar-refractivity contribution is -0.112. The number of para-hydroxylation sites is 1. The van der Waals surface area contributed by atoms with Gasteiger partial charge in [-0.05, 0) is 23.8 Å². The summed E-state index contributed by atoms with van der Waals surface area (Å²) in [4.78, 5) is 19.1. The van der Waals surface area contributed by atoms with Crippen LogP contribution in [0.3, 0.4) is 0 Å². The van der Waals surface area contributed by atoms with Crippen molar-refractivity contribution in [3.05, 3.63) is 66.1 Å². The minimum Gasteiger partial charge on any atom is -0.383 e. The number of carbonyl (C=O) groups is 1. The number of rotatable bonds is 8. The molecule has 1 aliphatic heterocycles. The van der Waals surface area contributed by atoms with Crippen molar-refractivity contribution in [3.8, 4) is 11.4 Å². The van der Waals surface area contributed by atoms with Crippen LogP contribution >= 0.6 is 11.8 Å². The van der Waals surface area contributed by atoms with E-state index in [1.54, 1.807) is 25.6 Å². The molecule has 0 N–H and O–H groups in total. The van der Waals surface area contributed by atoms with Gasteiger partial charge in [0.1, 0.15) is 0 Å². The third kappa shape index (κ3) is 4.20. The summed E-state index contributed by atoms with van der Waals surface area (Å²) in [5.41, 5.74) is 4.08. The molecule has 166 valence electrons. The molecule has 0 aliphatic carbocycles. The van der Waals surface area contributed by atoms with Gasteiger partial charge in [0.15, 0.2) is 16.8 Å². The average Bonchev–Trinajstić information content (AvgIpc) is 3.29. The van der Waals surface area contributed by atoms with Gasteiger partial charge >= 0.3 is 0 Å². The van der Waals surface area contributed by atoms with Crippen molar-refractivity contribution in [2.45, 2.75) is 31.0 Å². The Morgan fingerprint density at radius 3 is 2.62 bits per heavy atom. The molecule has 0 radical (unpaired) electrons. The highest BCUT2D eigenvalue weighted by atomic mass is 32.2. The first-order chi connectivity index (χ1) is 15.4. The summed E-state index contributed by atoms with van der Waals surface area (Å²) in [5, 5.41) is 9.40. The molecule has 0 spiro atoms. The number of ketones is 1. The maximum absolute atomic E-state index is 12.9. The molecule has 0 unspecified atom stereocenters. The molecule has 7 nitrogen and oxygen atoms in total. The lowest BCUT2D eigenvalue weighted by atomic mass is 9.83. The van der Waals surface area contributed by atoms with Gasteiger partial charge in [-0.15, -0.1) is 10.2 Å². The van der Waals surface area contributed by atoms with Crippen LogP contribution in [0.2, 0.25) is 0 Å². The molecule has 8 heteroatoms. The molecule has 0 saturated carbocycles. The van der Waals surface area contributed by atoms with E-state index in [4.69, 9.17) is 4.74 Å². The summed E-state index contributed by atoms with van der Waals surface area (Å²) < 4.78 is 7.25. The minimum absolute atomic E-state index is 0.0458. The molecule has 0 bridgehead atoms. The lowest BCUT2D eigenvalue weighted by Crippen LogP contribution is -2.24. The van der Waals surface area contributed by atoms with E-state index in [0.717, 1.165) is 22.8 Å². The Hall–Kier alpha value is -2.97. The number of aromatic nitrogens is 4. The zero-order chi connectivity index (χ0) is 22.7. The molecule has 0 amide bonds. The number of pyridine rings is 1.